The summed E-state index contributed by atoms with van der Waals surface area (Å²) in [6.45, 7) is 2.54. The summed E-state index contributed by atoms with van der Waals surface area (Å²) in [5.41, 5.74) is -1.22. The second-order valence-corrected chi connectivity index (χ2v) is 4.39. The number of ether oxygens (including phenoxy) is 2. The minimum atomic E-state index is -1.09. The Morgan fingerprint density at radius 3 is 2.71 bits per heavy atom. The summed E-state index contributed by atoms with van der Waals surface area (Å²) in [5, 5.41) is 10.1. The topological polar surface area (TPSA) is 61.6 Å². The minimum absolute atomic E-state index is 0.0839. The van der Waals surface area contributed by atoms with E-state index in [4.69, 9.17) is 21.1 Å². The van der Waals surface area contributed by atoms with Crippen LogP contribution in [0.15, 0.2) is 12.1 Å². The molecule has 0 N–H and O–H groups in total. The van der Waals surface area contributed by atoms with E-state index in [0.717, 1.165) is 6.07 Å². The molecule has 0 spiro atoms. The molecule has 1 heterocycles. The van der Waals surface area contributed by atoms with E-state index in [1.807, 2.05) is 0 Å². The molecule has 0 unspecified atom stereocenters. The van der Waals surface area contributed by atoms with E-state index >= 15 is 0 Å². The molecule has 1 aromatic carbocycles. The molecular formula is C10H9ClFNO4. The normalized spacial score (nSPS) is 17.4. The lowest BCUT2D eigenvalue weighted by atomic mass is 10.1. The first-order chi connectivity index (χ1) is 7.93. The molecule has 0 saturated carbocycles. The Kier molecular flexibility index (Phi) is 2.92. The van der Waals surface area contributed by atoms with E-state index in [9.17, 15) is 14.5 Å². The number of benzene rings is 1. The lowest BCUT2D eigenvalue weighted by molar-refractivity contribution is -0.387. The lowest BCUT2D eigenvalue weighted by Crippen LogP contribution is -2.51. The zero-order valence-electron chi connectivity index (χ0n) is 8.91. The molecule has 17 heavy (non-hydrogen) atoms. The molecule has 5 nitrogen and oxygen atoms in total. The number of hydrogen-bond donors (Lipinski definition) is 0. The van der Waals surface area contributed by atoms with Crippen LogP contribution in [0.25, 0.3) is 0 Å². The predicted octanol–water partition coefficient (Wildman–Crippen LogP) is 2.56. The van der Waals surface area contributed by atoms with Gasteiger partial charge in [0.15, 0.2) is 5.60 Å². The van der Waals surface area contributed by atoms with E-state index in [0.29, 0.717) is 13.2 Å². The van der Waals surface area contributed by atoms with Gasteiger partial charge in [0.2, 0.25) is 5.82 Å². The smallest absolute Gasteiger partial charge is 0.306 e. The van der Waals surface area contributed by atoms with Crippen LogP contribution < -0.4 is 4.74 Å². The fourth-order valence-electron chi connectivity index (χ4n) is 1.46. The van der Waals surface area contributed by atoms with Crippen molar-refractivity contribution in [2.45, 2.75) is 12.5 Å². The molecule has 1 aromatic rings. The molecule has 0 aromatic heterocycles. The zero-order valence-corrected chi connectivity index (χ0v) is 9.66. The van der Waals surface area contributed by atoms with Gasteiger partial charge in [-0.05, 0) is 13.0 Å². The fourth-order valence-corrected chi connectivity index (χ4v) is 1.65. The molecule has 0 aliphatic carbocycles. The van der Waals surface area contributed by atoms with Gasteiger partial charge in [-0.3, -0.25) is 10.1 Å². The summed E-state index contributed by atoms with van der Waals surface area (Å²) in [4.78, 5) is 9.65. The first-order valence-corrected chi connectivity index (χ1v) is 5.20. The molecule has 92 valence electrons. The second-order valence-electron chi connectivity index (χ2n) is 4.01. The highest BCUT2D eigenvalue weighted by Crippen LogP contribution is 2.36. The largest absolute Gasteiger partial charge is 0.481 e. The van der Waals surface area contributed by atoms with Crippen LogP contribution in [0, 0.1) is 15.9 Å². The van der Waals surface area contributed by atoms with Crippen LogP contribution in [-0.4, -0.2) is 23.7 Å². The maximum absolute atomic E-state index is 13.5. The molecule has 0 radical (unpaired) electrons. The lowest BCUT2D eigenvalue weighted by Gasteiger charge is -2.38. The highest BCUT2D eigenvalue weighted by atomic mass is 35.5. The average Bonchev–Trinajstić information content (AvgIpc) is 2.22. The Hall–Kier alpha value is -1.40. The van der Waals surface area contributed by atoms with Gasteiger partial charge in [0.05, 0.1) is 18.1 Å². The van der Waals surface area contributed by atoms with E-state index in [1.54, 1.807) is 6.92 Å². The van der Waals surface area contributed by atoms with Gasteiger partial charge in [0.1, 0.15) is 10.8 Å². The van der Waals surface area contributed by atoms with Crippen LogP contribution in [0.4, 0.5) is 10.1 Å². The van der Waals surface area contributed by atoms with Crippen LogP contribution in [0.2, 0.25) is 5.02 Å². The minimum Gasteiger partial charge on any atom is -0.481 e. The van der Waals surface area contributed by atoms with Gasteiger partial charge in [0, 0.05) is 6.07 Å². The number of hydrogen-bond acceptors (Lipinski definition) is 4. The van der Waals surface area contributed by atoms with Crippen molar-refractivity contribution in [1.82, 2.24) is 0 Å². The van der Waals surface area contributed by atoms with Crippen LogP contribution in [0.5, 0.6) is 5.75 Å². The second kappa shape index (κ2) is 4.12. The van der Waals surface area contributed by atoms with Crippen molar-refractivity contribution in [2.24, 2.45) is 0 Å². The highest BCUT2D eigenvalue weighted by molar-refractivity contribution is 6.32. The van der Waals surface area contributed by atoms with Gasteiger partial charge in [-0.25, -0.2) is 0 Å². The van der Waals surface area contributed by atoms with Gasteiger partial charge in [-0.15, -0.1) is 0 Å². The van der Waals surface area contributed by atoms with Crippen LogP contribution >= 0.6 is 11.6 Å². The Balaban J connectivity index is 2.30. The van der Waals surface area contributed by atoms with Crippen molar-refractivity contribution in [3.63, 3.8) is 0 Å². The van der Waals surface area contributed by atoms with Crippen molar-refractivity contribution in [2.75, 3.05) is 13.2 Å². The van der Waals surface area contributed by atoms with Crippen LogP contribution in [0.3, 0.4) is 0 Å². The van der Waals surface area contributed by atoms with Crippen molar-refractivity contribution < 1.29 is 18.8 Å². The number of nitrogens with zero attached hydrogens (tertiary/aromatic N) is 1. The Labute approximate surface area is 101 Å². The summed E-state index contributed by atoms with van der Waals surface area (Å²) >= 11 is 5.68. The summed E-state index contributed by atoms with van der Waals surface area (Å²) in [6, 6.07) is 2.31. The molecule has 2 rings (SSSR count). The SMILES string of the molecule is CC1(Oc2ccc([N+](=O)[O-])c(F)c2Cl)COC1. The molecular weight excluding hydrogens is 253 g/mol. The van der Waals surface area contributed by atoms with Gasteiger partial charge in [-0.2, -0.15) is 4.39 Å². The van der Waals surface area contributed by atoms with E-state index in [-0.39, 0.29) is 10.8 Å². The maximum atomic E-state index is 13.5. The quantitative estimate of drug-likeness (QED) is 0.620. The average molecular weight is 262 g/mol. The standard InChI is InChI=1S/C10H9ClFNO4/c1-10(4-16-5-10)17-7-3-2-6(13(14)15)9(12)8(7)11/h2-3H,4-5H2,1H3. The van der Waals surface area contributed by atoms with Crippen molar-refractivity contribution in [3.05, 3.63) is 33.1 Å². The zero-order chi connectivity index (χ0) is 12.6. The number of nitro benzene ring substituents is 1. The number of nitro groups is 1. The monoisotopic (exact) mass is 261 g/mol. The van der Waals surface area contributed by atoms with E-state index in [1.165, 1.54) is 6.07 Å². The van der Waals surface area contributed by atoms with Crippen molar-refractivity contribution in [1.29, 1.82) is 0 Å². The number of rotatable bonds is 3. The summed E-state index contributed by atoms with van der Waals surface area (Å²) in [6.07, 6.45) is 0. The Morgan fingerprint density at radius 1 is 1.59 bits per heavy atom. The van der Waals surface area contributed by atoms with Crippen LogP contribution in [-0.2, 0) is 4.74 Å². The molecule has 1 aliphatic heterocycles. The summed E-state index contributed by atoms with van der Waals surface area (Å²) in [5.74, 6) is -1.00. The Bertz CT molecular complexity index is 476. The maximum Gasteiger partial charge on any atom is 0.306 e. The molecule has 1 saturated heterocycles. The summed E-state index contributed by atoms with van der Waals surface area (Å²) < 4.78 is 24.0. The molecule has 7 heteroatoms. The van der Waals surface area contributed by atoms with E-state index < -0.39 is 22.0 Å². The predicted molar refractivity (Wildman–Crippen MR) is 57.9 cm³/mol. The third-order valence-electron chi connectivity index (χ3n) is 2.39. The number of halogens is 2. The third kappa shape index (κ3) is 2.18. The molecule has 1 aliphatic rings. The molecule has 1 fully saturated rings. The molecule has 0 bridgehead atoms. The van der Waals surface area contributed by atoms with E-state index in [2.05, 4.69) is 0 Å². The van der Waals surface area contributed by atoms with Crippen molar-refractivity contribution >= 4 is 17.3 Å². The summed E-state index contributed by atoms with van der Waals surface area (Å²) in [7, 11) is 0. The first-order valence-electron chi connectivity index (χ1n) is 4.82. The molecule has 0 atom stereocenters. The van der Waals surface area contributed by atoms with Crippen LogP contribution in [0.1, 0.15) is 6.92 Å². The fraction of sp³-hybridized carbons (Fsp3) is 0.400. The Morgan fingerprint density at radius 2 is 2.24 bits per heavy atom. The van der Waals surface area contributed by atoms with Gasteiger partial charge >= 0.3 is 5.69 Å². The van der Waals surface area contributed by atoms with Gasteiger partial charge in [0.25, 0.3) is 0 Å². The third-order valence-corrected chi connectivity index (χ3v) is 2.75. The van der Waals surface area contributed by atoms with Crippen molar-refractivity contribution in [3.8, 4) is 5.75 Å². The van der Waals surface area contributed by atoms with Gasteiger partial charge in [-0.1, -0.05) is 11.6 Å². The molecule has 0 amide bonds. The highest BCUT2D eigenvalue weighted by Gasteiger charge is 2.37. The van der Waals surface area contributed by atoms with Gasteiger partial charge < -0.3 is 9.47 Å². The first kappa shape index (κ1) is 12.1.